The summed E-state index contributed by atoms with van der Waals surface area (Å²) in [4.78, 5) is 20.7. The van der Waals surface area contributed by atoms with E-state index in [0.717, 1.165) is 39.9 Å². The van der Waals surface area contributed by atoms with E-state index in [2.05, 4.69) is 26.7 Å². The summed E-state index contributed by atoms with van der Waals surface area (Å²) in [6, 6.07) is 24.9. The number of hydrogen-bond donors (Lipinski definition) is 2. The van der Waals surface area contributed by atoms with Crippen LogP contribution in [0.1, 0.15) is 33.7 Å². The Kier molecular flexibility index (Phi) is 6.42. The molecule has 6 nitrogen and oxygen atoms in total. The van der Waals surface area contributed by atoms with E-state index in [1.807, 2.05) is 68.4 Å². The van der Waals surface area contributed by atoms with Crippen LogP contribution in [0, 0.1) is 25.2 Å². The molecule has 1 atom stereocenters. The van der Waals surface area contributed by atoms with Crippen LogP contribution in [0.4, 0.5) is 23.1 Å². The van der Waals surface area contributed by atoms with Gasteiger partial charge < -0.3 is 15.4 Å². The molecule has 0 aliphatic carbocycles. The van der Waals surface area contributed by atoms with Crippen molar-refractivity contribution in [1.29, 1.82) is 5.26 Å². The van der Waals surface area contributed by atoms with E-state index in [1.54, 1.807) is 24.4 Å². The molecular formula is C27H23N5O. The highest BCUT2D eigenvalue weighted by molar-refractivity contribution is 5.72. The first-order valence-electron chi connectivity index (χ1n) is 10.6. The third-order valence-electron chi connectivity index (χ3n) is 5.39. The highest BCUT2D eigenvalue weighted by Crippen LogP contribution is 2.31. The zero-order valence-electron chi connectivity index (χ0n) is 18.4. The Hall–Kier alpha value is -4.50. The first-order valence-corrected chi connectivity index (χ1v) is 10.6. The first-order chi connectivity index (χ1) is 16.1. The molecule has 162 valence electrons. The molecule has 3 aromatic carbocycles. The van der Waals surface area contributed by atoms with Crippen molar-refractivity contribution in [3.63, 3.8) is 0 Å². The fraction of sp³-hybridized carbons (Fsp3) is 0.111. The van der Waals surface area contributed by atoms with Crippen LogP contribution < -0.4 is 10.6 Å². The highest BCUT2D eigenvalue weighted by Gasteiger charge is 2.16. The molecule has 1 unspecified atom stereocenters. The van der Waals surface area contributed by atoms with E-state index in [9.17, 15) is 4.79 Å². The summed E-state index contributed by atoms with van der Waals surface area (Å²) in [5, 5.41) is 15.5. The van der Waals surface area contributed by atoms with Gasteiger partial charge in [-0.25, -0.2) is 4.98 Å². The molecule has 0 amide bonds. The molecular weight excluding hydrogens is 410 g/mol. The number of carbonyl (C=O) groups is 1. The summed E-state index contributed by atoms with van der Waals surface area (Å²) < 4.78 is 0. The van der Waals surface area contributed by atoms with Gasteiger partial charge in [-0.3, -0.25) is 0 Å². The first kappa shape index (κ1) is 21.7. The average molecular weight is 434 g/mol. The number of aldehydes is 1. The fourth-order valence-corrected chi connectivity index (χ4v) is 3.76. The van der Waals surface area contributed by atoms with Crippen LogP contribution in [-0.4, -0.2) is 16.3 Å². The number of nitriles is 1. The van der Waals surface area contributed by atoms with Gasteiger partial charge in [0, 0.05) is 17.6 Å². The molecule has 0 radical (unpaired) electrons. The van der Waals surface area contributed by atoms with Gasteiger partial charge in [0.2, 0.25) is 5.95 Å². The number of aromatic nitrogens is 2. The van der Waals surface area contributed by atoms with E-state index in [-0.39, 0.29) is 5.92 Å². The summed E-state index contributed by atoms with van der Waals surface area (Å²) in [6.45, 7) is 4.03. The lowest BCUT2D eigenvalue weighted by molar-refractivity contribution is -0.108. The SMILES string of the molecule is Cc1cc(C(C=O)c2ccccc2)cc(C)c1Nc1ccnc(Nc2ccc(C#N)cc2)n1. The topological polar surface area (TPSA) is 90.7 Å². The molecule has 0 aliphatic rings. The standard InChI is InChI=1S/C27H23N5O/c1-18-14-22(24(17-33)21-6-4-3-5-7-21)15-19(2)26(18)31-25-12-13-29-27(32-25)30-23-10-8-20(16-28)9-11-23/h3-15,17,24H,1-2H3,(H2,29,30,31,32). The third-order valence-corrected chi connectivity index (χ3v) is 5.39. The fourth-order valence-electron chi connectivity index (χ4n) is 3.76. The molecule has 0 spiro atoms. The van der Waals surface area contributed by atoms with Gasteiger partial charge in [0.15, 0.2) is 0 Å². The lowest BCUT2D eigenvalue weighted by Crippen LogP contribution is -2.06. The number of rotatable bonds is 7. The number of benzene rings is 3. The van der Waals surface area contributed by atoms with Crippen molar-refractivity contribution in [1.82, 2.24) is 9.97 Å². The monoisotopic (exact) mass is 433 g/mol. The Bertz CT molecular complexity index is 1290. The van der Waals surface area contributed by atoms with E-state index < -0.39 is 0 Å². The molecule has 6 heteroatoms. The number of hydrogen-bond acceptors (Lipinski definition) is 6. The minimum atomic E-state index is -0.306. The maximum absolute atomic E-state index is 11.9. The van der Waals surface area contributed by atoms with Crippen molar-refractivity contribution in [3.05, 3.63) is 107 Å². The largest absolute Gasteiger partial charge is 0.340 e. The third kappa shape index (κ3) is 5.05. The summed E-state index contributed by atoms with van der Waals surface area (Å²) in [7, 11) is 0. The molecule has 1 heterocycles. The maximum atomic E-state index is 11.9. The van der Waals surface area contributed by atoms with E-state index in [0.29, 0.717) is 17.3 Å². The predicted molar refractivity (Wildman–Crippen MR) is 130 cm³/mol. The number of carbonyl (C=O) groups excluding carboxylic acids is 1. The van der Waals surface area contributed by atoms with Gasteiger partial charge >= 0.3 is 0 Å². The molecule has 2 N–H and O–H groups in total. The van der Waals surface area contributed by atoms with Crippen LogP contribution in [0.3, 0.4) is 0 Å². The smallest absolute Gasteiger partial charge is 0.229 e. The molecule has 0 fully saturated rings. The molecule has 0 saturated heterocycles. The van der Waals surface area contributed by atoms with E-state index in [1.165, 1.54) is 0 Å². The molecule has 0 aliphatic heterocycles. The predicted octanol–water partition coefficient (Wildman–Crippen LogP) is 5.78. The Morgan fingerprint density at radius 1 is 0.909 bits per heavy atom. The molecule has 0 saturated carbocycles. The Morgan fingerprint density at radius 2 is 1.61 bits per heavy atom. The van der Waals surface area contributed by atoms with Gasteiger partial charge in [0.05, 0.1) is 17.6 Å². The average Bonchev–Trinajstić information content (AvgIpc) is 2.83. The zero-order chi connectivity index (χ0) is 23.2. The zero-order valence-corrected chi connectivity index (χ0v) is 18.4. The second kappa shape index (κ2) is 9.75. The van der Waals surface area contributed by atoms with Crippen LogP contribution in [0.5, 0.6) is 0 Å². The van der Waals surface area contributed by atoms with Gasteiger partial charge in [-0.1, -0.05) is 42.5 Å². The van der Waals surface area contributed by atoms with Crippen molar-refractivity contribution in [2.45, 2.75) is 19.8 Å². The Labute approximate surface area is 193 Å². The molecule has 0 bridgehead atoms. The number of aryl methyl sites for hydroxylation is 2. The Morgan fingerprint density at radius 3 is 2.24 bits per heavy atom. The summed E-state index contributed by atoms with van der Waals surface area (Å²) in [6.07, 6.45) is 2.67. The Balaban J connectivity index is 1.56. The van der Waals surface area contributed by atoms with Gasteiger partial charge in [-0.05, 0) is 66.4 Å². The van der Waals surface area contributed by atoms with Crippen molar-refractivity contribution >= 4 is 29.4 Å². The second-order valence-corrected chi connectivity index (χ2v) is 7.76. The summed E-state index contributed by atoms with van der Waals surface area (Å²) >= 11 is 0. The lowest BCUT2D eigenvalue weighted by atomic mass is 9.90. The van der Waals surface area contributed by atoms with Gasteiger partial charge in [-0.2, -0.15) is 10.2 Å². The number of nitrogens with one attached hydrogen (secondary N) is 2. The second-order valence-electron chi connectivity index (χ2n) is 7.76. The van der Waals surface area contributed by atoms with Crippen LogP contribution >= 0.6 is 0 Å². The summed E-state index contributed by atoms with van der Waals surface area (Å²) in [5.41, 5.74) is 6.31. The summed E-state index contributed by atoms with van der Waals surface area (Å²) in [5.74, 6) is 0.789. The van der Waals surface area contributed by atoms with Crippen molar-refractivity contribution < 1.29 is 4.79 Å². The normalized spacial score (nSPS) is 11.3. The van der Waals surface area contributed by atoms with E-state index >= 15 is 0 Å². The van der Waals surface area contributed by atoms with Gasteiger partial charge in [0.25, 0.3) is 0 Å². The molecule has 1 aromatic heterocycles. The van der Waals surface area contributed by atoms with Crippen LogP contribution in [0.2, 0.25) is 0 Å². The number of nitrogens with zero attached hydrogens (tertiary/aromatic N) is 3. The molecule has 4 rings (SSSR count). The minimum absolute atomic E-state index is 0.306. The lowest BCUT2D eigenvalue weighted by Gasteiger charge is -2.18. The highest BCUT2D eigenvalue weighted by atomic mass is 16.1. The number of anilines is 4. The molecule has 4 aromatic rings. The van der Waals surface area contributed by atoms with Gasteiger partial charge in [0.1, 0.15) is 12.1 Å². The van der Waals surface area contributed by atoms with Crippen molar-refractivity contribution in [3.8, 4) is 6.07 Å². The minimum Gasteiger partial charge on any atom is -0.340 e. The molecule has 33 heavy (non-hydrogen) atoms. The van der Waals surface area contributed by atoms with Crippen LogP contribution in [0.25, 0.3) is 0 Å². The van der Waals surface area contributed by atoms with Crippen molar-refractivity contribution in [2.75, 3.05) is 10.6 Å². The maximum Gasteiger partial charge on any atom is 0.229 e. The van der Waals surface area contributed by atoms with Crippen molar-refractivity contribution in [2.24, 2.45) is 0 Å². The van der Waals surface area contributed by atoms with Crippen LogP contribution in [0.15, 0.2) is 79.0 Å². The quantitative estimate of drug-likeness (QED) is 0.359. The van der Waals surface area contributed by atoms with Gasteiger partial charge in [-0.15, -0.1) is 0 Å². The van der Waals surface area contributed by atoms with E-state index in [4.69, 9.17) is 5.26 Å². The van der Waals surface area contributed by atoms with Crippen LogP contribution in [-0.2, 0) is 4.79 Å².